The number of anilines is 1. The fourth-order valence-corrected chi connectivity index (χ4v) is 1.88. The van der Waals surface area contributed by atoms with Gasteiger partial charge in [-0.2, -0.15) is 0 Å². The van der Waals surface area contributed by atoms with Crippen LogP contribution in [0.2, 0.25) is 0 Å². The zero-order valence-corrected chi connectivity index (χ0v) is 10.8. The maximum atomic E-state index is 5.66. The van der Waals surface area contributed by atoms with Crippen LogP contribution in [0.15, 0.2) is 36.4 Å². The number of hydrogen-bond donors (Lipinski definition) is 1. The number of nitrogens with two attached hydrogens (primary N) is 1. The number of aryl methyl sites for hydroxylation is 1. The summed E-state index contributed by atoms with van der Waals surface area (Å²) in [5.74, 6) is 0.564. The molecule has 2 aromatic rings. The Balaban J connectivity index is 1.98. The first-order valence-electron chi connectivity index (χ1n) is 5.96. The molecule has 2 rings (SSSR count). The minimum Gasteiger partial charge on any atom is -0.384 e. The van der Waals surface area contributed by atoms with E-state index >= 15 is 0 Å². The Kier molecular flexibility index (Phi) is 3.89. The van der Waals surface area contributed by atoms with Crippen molar-refractivity contribution in [2.24, 2.45) is 0 Å². The third-order valence-electron chi connectivity index (χ3n) is 2.64. The van der Waals surface area contributed by atoms with Gasteiger partial charge in [-0.25, -0.2) is 4.98 Å². The molecule has 0 aromatic carbocycles. The molecule has 2 heterocycles. The van der Waals surface area contributed by atoms with Crippen LogP contribution in [-0.4, -0.2) is 21.9 Å². The summed E-state index contributed by atoms with van der Waals surface area (Å²) in [5.41, 5.74) is 8.76. The molecule has 0 amide bonds. The zero-order valence-electron chi connectivity index (χ0n) is 10.8. The third-order valence-corrected chi connectivity index (χ3v) is 2.64. The van der Waals surface area contributed by atoms with Crippen LogP contribution in [0.3, 0.4) is 0 Å². The van der Waals surface area contributed by atoms with E-state index in [0.29, 0.717) is 5.82 Å². The van der Waals surface area contributed by atoms with Crippen LogP contribution in [0, 0.1) is 6.92 Å². The van der Waals surface area contributed by atoms with Crippen molar-refractivity contribution in [1.82, 2.24) is 14.9 Å². The molecule has 0 aliphatic heterocycles. The highest BCUT2D eigenvalue weighted by Crippen LogP contribution is 2.07. The smallest absolute Gasteiger partial charge is 0.123 e. The Morgan fingerprint density at radius 2 is 1.61 bits per heavy atom. The van der Waals surface area contributed by atoms with Gasteiger partial charge in [0.1, 0.15) is 5.82 Å². The highest BCUT2D eigenvalue weighted by molar-refractivity contribution is 5.28. The van der Waals surface area contributed by atoms with E-state index in [2.05, 4.69) is 21.9 Å². The van der Waals surface area contributed by atoms with Gasteiger partial charge in [0.15, 0.2) is 0 Å². The predicted octanol–water partition coefficient (Wildman–Crippen LogP) is 2.00. The van der Waals surface area contributed by atoms with Crippen LogP contribution in [0.5, 0.6) is 0 Å². The summed E-state index contributed by atoms with van der Waals surface area (Å²) in [6, 6.07) is 11.8. The summed E-state index contributed by atoms with van der Waals surface area (Å²) in [4.78, 5) is 10.9. The maximum Gasteiger partial charge on any atom is 0.123 e. The molecule has 4 heteroatoms. The lowest BCUT2D eigenvalue weighted by atomic mass is 10.3. The van der Waals surface area contributed by atoms with Crippen molar-refractivity contribution in [2.75, 3.05) is 12.8 Å². The second-order valence-electron chi connectivity index (χ2n) is 4.50. The van der Waals surface area contributed by atoms with Gasteiger partial charge >= 0.3 is 0 Å². The molecule has 2 aromatic heterocycles. The molecule has 18 heavy (non-hydrogen) atoms. The molecule has 0 saturated carbocycles. The standard InChI is InChI=1S/C14H18N4/c1-11-5-3-6-12(16-11)9-18(2)10-13-7-4-8-14(15)17-13/h3-8H,9-10H2,1-2H3,(H2,15,17). The second kappa shape index (κ2) is 5.60. The fourth-order valence-electron chi connectivity index (χ4n) is 1.88. The SMILES string of the molecule is Cc1cccc(CN(C)Cc2cccc(N)n2)n1. The number of rotatable bonds is 4. The highest BCUT2D eigenvalue weighted by Gasteiger charge is 2.04. The molecular formula is C14H18N4. The summed E-state index contributed by atoms with van der Waals surface area (Å²) < 4.78 is 0. The van der Waals surface area contributed by atoms with Gasteiger partial charge in [-0.05, 0) is 38.2 Å². The summed E-state index contributed by atoms with van der Waals surface area (Å²) >= 11 is 0. The molecule has 0 saturated heterocycles. The monoisotopic (exact) mass is 242 g/mol. The maximum absolute atomic E-state index is 5.66. The van der Waals surface area contributed by atoms with Gasteiger partial charge in [0.2, 0.25) is 0 Å². The van der Waals surface area contributed by atoms with E-state index < -0.39 is 0 Å². The van der Waals surface area contributed by atoms with Crippen molar-refractivity contribution in [1.29, 1.82) is 0 Å². The summed E-state index contributed by atoms with van der Waals surface area (Å²) in [5, 5.41) is 0. The second-order valence-corrected chi connectivity index (χ2v) is 4.50. The molecule has 2 N–H and O–H groups in total. The molecule has 0 atom stereocenters. The Morgan fingerprint density at radius 1 is 1.00 bits per heavy atom. The fraction of sp³-hybridized carbons (Fsp3) is 0.286. The van der Waals surface area contributed by atoms with Gasteiger partial charge < -0.3 is 5.73 Å². The van der Waals surface area contributed by atoms with E-state index in [4.69, 9.17) is 5.73 Å². The average molecular weight is 242 g/mol. The van der Waals surface area contributed by atoms with E-state index in [-0.39, 0.29) is 0 Å². The van der Waals surface area contributed by atoms with Crippen molar-refractivity contribution in [3.05, 3.63) is 53.5 Å². The minimum absolute atomic E-state index is 0.564. The molecule has 4 nitrogen and oxygen atoms in total. The molecule has 0 aliphatic rings. The van der Waals surface area contributed by atoms with Crippen molar-refractivity contribution in [2.45, 2.75) is 20.0 Å². The molecule has 0 spiro atoms. The van der Waals surface area contributed by atoms with Gasteiger partial charge in [0.05, 0.1) is 11.4 Å². The Bertz CT molecular complexity index is 477. The zero-order chi connectivity index (χ0) is 13.0. The first kappa shape index (κ1) is 12.5. The van der Waals surface area contributed by atoms with E-state index in [1.165, 1.54) is 0 Å². The molecule has 94 valence electrons. The van der Waals surface area contributed by atoms with Crippen LogP contribution in [0.4, 0.5) is 5.82 Å². The minimum atomic E-state index is 0.564. The van der Waals surface area contributed by atoms with Gasteiger partial charge in [0, 0.05) is 18.8 Å². The van der Waals surface area contributed by atoms with Crippen molar-refractivity contribution < 1.29 is 0 Å². The molecule has 0 radical (unpaired) electrons. The van der Waals surface area contributed by atoms with Crippen molar-refractivity contribution >= 4 is 5.82 Å². The summed E-state index contributed by atoms with van der Waals surface area (Å²) in [6.07, 6.45) is 0. The van der Waals surface area contributed by atoms with Gasteiger partial charge in [-0.15, -0.1) is 0 Å². The molecule has 0 fully saturated rings. The third kappa shape index (κ3) is 3.53. The number of aromatic nitrogens is 2. The largest absolute Gasteiger partial charge is 0.384 e. The summed E-state index contributed by atoms with van der Waals surface area (Å²) in [7, 11) is 2.05. The first-order valence-corrected chi connectivity index (χ1v) is 5.96. The number of nitrogen functional groups attached to an aromatic ring is 1. The topological polar surface area (TPSA) is 55.0 Å². The predicted molar refractivity (Wildman–Crippen MR) is 72.8 cm³/mol. The molecule has 0 bridgehead atoms. The number of nitrogens with zero attached hydrogens (tertiary/aromatic N) is 3. The average Bonchev–Trinajstić information content (AvgIpc) is 2.28. The Morgan fingerprint density at radius 3 is 2.22 bits per heavy atom. The van der Waals surface area contributed by atoms with Crippen LogP contribution >= 0.6 is 0 Å². The van der Waals surface area contributed by atoms with E-state index in [1.807, 2.05) is 37.3 Å². The normalized spacial score (nSPS) is 10.8. The van der Waals surface area contributed by atoms with E-state index in [0.717, 1.165) is 30.2 Å². The van der Waals surface area contributed by atoms with Crippen LogP contribution < -0.4 is 5.73 Å². The van der Waals surface area contributed by atoms with Crippen LogP contribution in [0.1, 0.15) is 17.1 Å². The molecular weight excluding hydrogens is 224 g/mol. The van der Waals surface area contributed by atoms with Crippen LogP contribution in [0.25, 0.3) is 0 Å². The highest BCUT2D eigenvalue weighted by atomic mass is 15.1. The summed E-state index contributed by atoms with van der Waals surface area (Å²) in [6.45, 7) is 3.57. The number of hydrogen-bond acceptors (Lipinski definition) is 4. The van der Waals surface area contributed by atoms with Gasteiger partial charge in [-0.3, -0.25) is 9.88 Å². The quantitative estimate of drug-likeness (QED) is 0.891. The lowest BCUT2D eigenvalue weighted by Crippen LogP contribution is -2.19. The van der Waals surface area contributed by atoms with Gasteiger partial charge in [0.25, 0.3) is 0 Å². The molecule has 0 aliphatic carbocycles. The van der Waals surface area contributed by atoms with Crippen molar-refractivity contribution in [3.8, 4) is 0 Å². The Hall–Kier alpha value is -1.94. The van der Waals surface area contributed by atoms with E-state index in [9.17, 15) is 0 Å². The number of pyridine rings is 2. The van der Waals surface area contributed by atoms with E-state index in [1.54, 1.807) is 6.07 Å². The molecule has 0 unspecified atom stereocenters. The lowest BCUT2D eigenvalue weighted by Gasteiger charge is -2.16. The Labute approximate surface area is 107 Å². The van der Waals surface area contributed by atoms with Crippen LogP contribution in [-0.2, 0) is 13.1 Å². The lowest BCUT2D eigenvalue weighted by molar-refractivity contribution is 0.311. The van der Waals surface area contributed by atoms with Gasteiger partial charge in [-0.1, -0.05) is 12.1 Å². The van der Waals surface area contributed by atoms with Crippen molar-refractivity contribution in [3.63, 3.8) is 0 Å². The first-order chi connectivity index (χ1) is 8.63.